The molecule has 1 aliphatic heterocycles. The van der Waals surface area contributed by atoms with Crippen molar-refractivity contribution in [1.82, 2.24) is 15.8 Å². The summed E-state index contributed by atoms with van der Waals surface area (Å²) in [7, 11) is 0. The van der Waals surface area contributed by atoms with Gasteiger partial charge >= 0.3 is 0 Å². The van der Waals surface area contributed by atoms with Crippen LogP contribution in [0, 0.1) is 0 Å². The Kier molecular flexibility index (Phi) is 7.79. The Labute approximate surface area is 175 Å². The Morgan fingerprint density at radius 1 is 0.867 bits per heavy atom. The Morgan fingerprint density at radius 3 is 2.30 bits per heavy atom. The normalized spacial score (nSPS) is 13.4. The van der Waals surface area contributed by atoms with Crippen LogP contribution in [-0.4, -0.2) is 55.5 Å². The summed E-state index contributed by atoms with van der Waals surface area (Å²) in [5.74, 6) is -0.456. The standard InChI is InChI=1S/C22H25N3O5/c26-20(10-11-22(28)25-12-14-29-15-13-25)23-24-21(27)16-30-19-9-5-4-8-18(19)17-6-2-1-3-7-17/h1-9H,10-16H2,(H,23,26)(H,24,27). The van der Waals surface area contributed by atoms with Crippen molar-refractivity contribution in [2.45, 2.75) is 12.8 Å². The molecule has 0 bridgehead atoms. The third-order valence-electron chi connectivity index (χ3n) is 4.60. The molecule has 2 N–H and O–H groups in total. The SMILES string of the molecule is O=C(CCC(=O)N1CCOCC1)NNC(=O)COc1ccccc1-c1ccccc1. The van der Waals surface area contributed by atoms with Gasteiger partial charge in [-0.3, -0.25) is 25.2 Å². The van der Waals surface area contributed by atoms with Gasteiger partial charge in [0, 0.05) is 31.5 Å². The molecule has 8 heteroatoms. The van der Waals surface area contributed by atoms with Crippen molar-refractivity contribution >= 4 is 17.7 Å². The molecule has 1 saturated heterocycles. The van der Waals surface area contributed by atoms with Crippen molar-refractivity contribution in [3.63, 3.8) is 0 Å². The molecule has 2 aromatic carbocycles. The maximum atomic E-state index is 12.0. The fourth-order valence-corrected chi connectivity index (χ4v) is 3.02. The molecule has 8 nitrogen and oxygen atoms in total. The van der Waals surface area contributed by atoms with Crippen molar-refractivity contribution in [3.8, 4) is 16.9 Å². The van der Waals surface area contributed by atoms with Crippen LogP contribution in [0.2, 0.25) is 0 Å². The molecule has 158 valence electrons. The summed E-state index contributed by atoms with van der Waals surface area (Å²) in [6, 6.07) is 17.1. The first-order valence-electron chi connectivity index (χ1n) is 9.84. The molecule has 2 aromatic rings. The van der Waals surface area contributed by atoms with Crippen LogP contribution in [-0.2, 0) is 19.1 Å². The number of para-hydroxylation sites is 1. The molecule has 30 heavy (non-hydrogen) atoms. The van der Waals surface area contributed by atoms with Gasteiger partial charge in [-0.1, -0.05) is 48.5 Å². The highest BCUT2D eigenvalue weighted by atomic mass is 16.5. The lowest BCUT2D eigenvalue weighted by Gasteiger charge is -2.26. The minimum Gasteiger partial charge on any atom is -0.483 e. The van der Waals surface area contributed by atoms with E-state index in [1.54, 1.807) is 11.0 Å². The third kappa shape index (κ3) is 6.31. The van der Waals surface area contributed by atoms with Crippen molar-refractivity contribution in [2.24, 2.45) is 0 Å². The van der Waals surface area contributed by atoms with Gasteiger partial charge in [0.05, 0.1) is 13.2 Å². The second-order valence-electron chi connectivity index (χ2n) is 6.74. The molecule has 1 aliphatic rings. The van der Waals surface area contributed by atoms with E-state index in [0.717, 1.165) is 11.1 Å². The summed E-state index contributed by atoms with van der Waals surface area (Å²) in [5, 5.41) is 0. The van der Waals surface area contributed by atoms with Crippen LogP contribution in [0.1, 0.15) is 12.8 Å². The van der Waals surface area contributed by atoms with Crippen LogP contribution in [0.25, 0.3) is 11.1 Å². The fraction of sp³-hybridized carbons (Fsp3) is 0.318. The Morgan fingerprint density at radius 2 is 1.53 bits per heavy atom. The monoisotopic (exact) mass is 411 g/mol. The number of ether oxygens (including phenoxy) is 2. The highest BCUT2D eigenvalue weighted by Gasteiger charge is 2.17. The van der Waals surface area contributed by atoms with E-state index in [9.17, 15) is 14.4 Å². The van der Waals surface area contributed by atoms with Crippen LogP contribution in [0.5, 0.6) is 5.75 Å². The minimum absolute atomic E-state index is 0.00579. The summed E-state index contributed by atoms with van der Waals surface area (Å²) in [5.41, 5.74) is 6.47. The van der Waals surface area contributed by atoms with E-state index in [-0.39, 0.29) is 25.4 Å². The molecule has 0 aromatic heterocycles. The Bertz CT molecular complexity index is 866. The number of carbonyl (C=O) groups is 3. The quantitative estimate of drug-likeness (QED) is 0.674. The van der Waals surface area contributed by atoms with Crippen molar-refractivity contribution in [2.75, 3.05) is 32.9 Å². The molecule has 0 aliphatic carbocycles. The lowest BCUT2D eigenvalue weighted by molar-refractivity contribution is -0.137. The molecule has 0 atom stereocenters. The summed E-state index contributed by atoms with van der Waals surface area (Å²) in [6.07, 6.45) is 0.0802. The van der Waals surface area contributed by atoms with Crippen molar-refractivity contribution < 1.29 is 23.9 Å². The average molecular weight is 411 g/mol. The Hall–Kier alpha value is -3.39. The molecule has 1 fully saturated rings. The summed E-state index contributed by atoms with van der Waals surface area (Å²) < 4.78 is 10.8. The molecule has 0 saturated carbocycles. The topological polar surface area (TPSA) is 97.0 Å². The maximum Gasteiger partial charge on any atom is 0.276 e. The second kappa shape index (κ2) is 11.0. The third-order valence-corrected chi connectivity index (χ3v) is 4.60. The van der Waals surface area contributed by atoms with Crippen LogP contribution in [0.4, 0.5) is 0 Å². The number of benzene rings is 2. The lowest BCUT2D eigenvalue weighted by atomic mass is 10.1. The van der Waals surface area contributed by atoms with Gasteiger partial charge in [-0.2, -0.15) is 0 Å². The number of hydrogen-bond acceptors (Lipinski definition) is 5. The molecule has 1 heterocycles. The van der Waals surface area contributed by atoms with E-state index >= 15 is 0 Å². The number of nitrogens with one attached hydrogen (secondary N) is 2. The van der Waals surface area contributed by atoms with Crippen LogP contribution in [0.15, 0.2) is 54.6 Å². The van der Waals surface area contributed by atoms with Crippen molar-refractivity contribution in [3.05, 3.63) is 54.6 Å². The first-order valence-corrected chi connectivity index (χ1v) is 9.84. The highest BCUT2D eigenvalue weighted by Crippen LogP contribution is 2.29. The van der Waals surface area contributed by atoms with E-state index in [1.165, 1.54) is 0 Å². The van der Waals surface area contributed by atoms with E-state index < -0.39 is 11.8 Å². The summed E-state index contributed by atoms with van der Waals surface area (Å²) in [4.78, 5) is 37.6. The van der Waals surface area contributed by atoms with Gasteiger partial charge in [-0.05, 0) is 11.6 Å². The molecule has 0 radical (unpaired) electrons. The van der Waals surface area contributed by atoms with Gasteiger partial charge in [-0.25, -0.2) is 0 Å². The largest absolute Gasteiger partial charge is 0.483 e. The van der Waals surface area contributed by atoms with E-state index in [0.29, 0.717) is 32.1 Å². The molecular formula is C22H25N3O5. The van der Waals surface area contributed by atoms with Gasteiger partial charge in [0.1, 0.15) is 5.75 Å². The number of morpholine rings is 1. The highest BCUT2D eigenvalue weighted by molar-refractivity contribution is 5.86. The Balaban J connectivity index is 1.40. The summed E-state index contributed by atoms with van der Waals surface area (Å²) in [6.45, 7) is 1.86. The average Bonchev–Trinajstić information content (AvgIpc) is 2.81. The van der Waals surface area contributed by atoms with Gasteiger partial charge in [0.25, 0.3) is 5.91 Å². The first-order chi connectivity index (χ1) is 14.6. The smallest absolute Gasteiger partial charge is 0.276 e. The number of rotatable bonds is 7. The molecular weight excluding hydrogens is 386 g/mol. The number of hydrazine groups is 1. The minimum atomic E-state index is -0.495. The van der Waals surface area contributed by atoms with Gasteiger partial charge in [0.2, 0.25) is 11.8 Å². The fourth-order valence-electron chi connectivity index (χ4n) is 3.02. The number of nitrogens with zero attached hydrogens (tertiary/aromatic N) is 1. The lowest BCUT2D eigenvalue weighted by Crippen LogP contribution is -2.45. The van der Waals surface area contributed by atoms with E-state index in [2.05, 4.69) is 10.9 Å². The number of amides is 3. The second-order valence-corrected chi connectivity index (χ2v) is 6.74. The number of carbonyl (C=O) groups excluding carboxylic acids is 3. The summed E-state index contributed by atoms with van der Waals surface area (Å²) >= 11 is 0. The maximum absolute atomic E-state index is 12.0. The van der Waals surface area contributed by atoms with Gasteiger partial charge in [0.15, 0.2) is 6.61 Å². The molecule has 3 rings (SSSR count). The zero-order valence-electron chi connectivity index (χ0n) is 16.6. The molecule has 3 amide bonds. The number of hydrogen-bond donors (Lipinski definition) is 2. The van der Waals surface area contributed by atoms with Gasteiger partial charge < -0.3 is 14.4 Å². The zero-order chi connectivity index (χ0) is 21.2. The van der Waals surface area contributed by atoms with E-state index in [4.69, 9.17) is 9.47 Å². The van der Waals surface area contributed by atoms with Crippen LogP contribution >= 0.6 is 0 Å². The molecule has 0 spiro atoms. The predicted molar refractivity (Wildman–Crippen MR) is 110 cm³/mol. The van der Waals surface area contributed by atoms with E-state index in [1.807, 2.05) is 48.5 Å². The van der Waals surface area contributed by atoms with Crippen molar-refractivity contribution in [1.29, 1.82) is 0 Å². The zero-order valence-corrected chi connectivity index (χ0v) is 16.6. The van der Waals surface area contributed by atoms with Crippen LogP contribution < -0.4 is 15.6 Å². The predicted octanol–water partition coefficient (Wildman–Crippen LogP) is 1.52. The van der Waals surface area contributed by atoms with Crippen LogP contribution in [0.3, 0.4) is 0 Å². The molecule has 0 unspecified atom stereocenters. The first kappa shape index (κ1) is 21.3. The van der Waals surface area contributed by atoms with Gasteiger partial charge in [-0.15, -0.1) is 0 Å².